The average Bonchev–Trinajstić information content (AvgIpc) is 2.65. The van der Waals surface area contributed by atoms with E-state index in [1.807, 2.05) is 24.3 Å². The molecule has 1 saturated heterocycles. The smallest absolute Gasteiger partial charge is 0.236 e. The van der Waals surface area contributed by atoms with Gasteiger partial charge >= 0.3 is 0 Å². The van der Waals surface area contributed by atoms with Gasteiger partial charge in [-0.3, -0.25) is 10.2 Å². The van der Waals surface area contributed by atoms with Gasteiger partial charge in [0.15, 0.2) is 0 Å². The zero-order valence-corrected chi connectivity index (χ0v) is 7.91. The van der Waals surface area contributed by atoms with E-state index in [1.165, 1.54) is 0 Å². The number of hydrazine groups is 1. The van der Waals surface area contributed by atoms with Gasteiger partial charge < -0.3 is 4.74 Å². The SMILES string of the molecule is COc1ccc([C@H]2CC(=O)NN2)cc1. The molecule has 1 aromatic carbocycles. The van der Waals surface area contributed by atoms with Crippen LogP contribution < -0.4 is 15.6 Å². The van der Waals surface area contributed by atoms with Gasteiger partial charge in [-0.2, -0.15) is 0 Å². The van der Waals surface area contributed by atoms with E-state index in [4.69, 9.17) is 4.74 Å². The van der Waals surface area contributed by atoms with Crippen LogP contribution in [0.4, 0.5) is 0 Å². The molecular weight excluding hydrogens is 180 g/mol. The summed E-state index contributed by atoms with van der Waals surface area (Å²) in [6.07, 6.45) is 0.492. The van der Waals surface area contributed by atoms with Crippen LogP contribution in [0, 0.1) is 0 Å². The number of rotatable bonds is 2. The Labute approximate surface area is 82.2 Å². The Bertz CT molecular complexity index is 334. The van der Waals surface area contributed by atoms with Crippen LogP contribution in [0.15, 0.2) is 24.3 Å². The summed E-state index contributed by atoms with van der Waals surface area (Å²) < 4.78 is 5.05. The van der Waals surface area contributed by atoms with Gasteiger partial charge in [0.2, 0.25) is 5.91 Å². The Kier molecular flexibility index (Phi) is 2.37. The van der Waals surface area contributed by atoms with Crippen LogP contribution in [-0.2, 0) is 4.79 Å². The molecule has 0 spiro atoms. The van der Waals surface area contributed by atoms with E-state index in [9.17, 15) is 4.79 Å². The minimum Gasteiger partial charge on any atom is -0.497 e. The molecule has 1 atom stereocenters. The topological polar surface area (TPSA) is 50.4 Å². The number of nitrogens with one attached hydrogen (secondary N) is 2. The predicted molar refractivity (Wildman–Crippen MR) is 51.6 cm³/mol. The molecular formula is C10H12N2O2. The molecule has 74 valence electrons. The largest absolute Gasteiger partial charge is 0.497 e. The van der Waals surface area contributed by atoms with E-state index < -0.39 is 0 Å². The Hall–Kier alpha value is -1.55. The van der Waals surface area contributed by atoms with Crippen molar-refractivity contribution in [2.75, 3.05) is 7.11 Å². The third kappa shape index (κ3) is 1.70. The molecule has 0 saturated carbocycles. The number of carbonyl (C=O) groups is 1. The van der Waals surface area contributed by atoms with Crippen molar-refractivity contribution < 1.29 is 9.53 Å². The summed E-state index contributed by atoms with van der Waals surface area (Å²) in [6, 6.07) is 7.76. The van der Waals surface area contributed by atoms with E-state index in [1.54, 1.807) is 7.11 Å². The van der Waals surface area contributed by atoms with E-state index in [0.717, 1.165) is 11.3 Å². The number of amides is 1. The second-order valence-corrected chi connectivity index (χ2v) is 3.22. The molecule has 0 unspecified atom stereocenters. The average molecular weight is 192 g/mol. The van der Waals surface area contributed by atoms with Crippen LogP contribution in [0.3, 0.4) is 0 Å². The van der Waals surface area contributed by atoms with E-state index >= 15 is 0 Å². The maximum atomic E-state index is 11.0. The van der Waals surface area contributed by atoms with Crippen molar-refractivity contribution in [3.63, 3.8) is 0 Å². The summed E-state index contributed by atoms with van der Waals surface area (Å²) in [5.41, 5.74) is 6.58. The summed E-state index contributed by atoms with van der Waals surface area (Å²) >= 11 is 0. The lowest BCUT2D eigenvalue weighted by Gasteiger charge is -2.08. The highest BCUT2D eigenvalue weighted by molar-refractivity contribution is 5.78. The second-order valence-electron chi connectivity index (χ2n) is 3.22. The zero-order chi connectivity index (χ0) is 9.97. The lowest BCUT2D eigenvalue weighted by molar-refractivity contribution is -0.119. The first-order chi connectivity index (χ1) is 6.79. The molecule has 0 aliphatic carbocycles. The van der Waals surface area contributed by atoms with Gasteiger partial charge in [-0.05, 0) is 17.7 Å². The van der Waals surface area contributed by atoms with E-state index in [-0.39, 0.29) is 11.9 Å². The number of methoxy groups -OCH3 is 1. The minimum atomic E-state index is 0.0332. The maximum absolute atomic E-state index is 11.0. The Morgan fingerprint density at radius 2 is 2.07 bits per heavy atom. The first-order valence-electron chi connectivity index (χ1n) is 4.48. The highest BCUT2D eigenvalue weighted by Gasteiger charge is 2.21. The molecule has 2 rings (SSSR count). The van der Waals surface area contributed by atoms with Gasteiger partial charge in [-0.1, -0.05) is 12.1 Å². The molecule has 1 fully saturated rings. The molecule has 0 aromatic heterocycles. The Balaban J connectivity index is 2.13. The molecule has 14 heavy (non-hydrogen) atoms. The van der Waals surface area contributed by atoms with Crippen molar-refractivity contribution in [2.45, 2.75) is 12.5 Å². The Morgan fingerprint density at radius 1 is 1.36 bits per heavy atom. The molecule has 2 N–H and O–H groups in total. The summed E-state index contributed by atoms with van der Waals surface area (Å²) in [4.78, 5) is 11.0. The third-order valence-electron chi connectivity index (χ3n) is 2.29. The lowest BCUT2D eigenvalue weighted by atomic mass is 10.1. The Morgan fingerprint density at radius 3 is 2.57 bits per heavy atom. The molecule has 1 heterocycles. The molecule has 1 aliphatic heterocycles. The van der Waals surface area contributed by atoms with Crippen molar-refractivity contribution in [2.24, 2.45) is 0 Å². The normalized spacial score (nSPS) is 20.6. The molecule has 0 bridgehead atoms. The summed E-state index contributed by atoms with van der Waals surface area (Å²) in [7, 11) is 1.63. The highest BCUT2D eigenvalue weighted by Crippen LogP contribution is 2.21. The molecule has 4 nitrogen and oxygen atoms in total. The zero-order valence-electron chi connectivity index (χ0n) is 7.91. The number of ether oxygens (including phenoxy) is 1. The van der Waals surface area contributed by atoms with Crippen molar-refractivity contribution in [3.8, 4) is 5.75 Å². The number of hydrogen-bond donors (Lipinski definition) is 2. The molecule has 1 aromatic rings. The predicted octanol–water partition coefficient (Wildman–Crippen LogP) is 0.761. The van der Waals surface area contributed by atoms with E-state index in [2.05, 4.69) is 10.9 Å². The van der Waals surface area contributed by atoms with Gasteiger partial charge in [0.05, 0.1) is 13.2 Å². The maximum Gasteiger partial charge on any atom is 0.236 e. The fraction of sp³-hybridized carbons (Fsp3) is 0.300. The van der Waals surface area contributed by atoms with Gasteiger partial charge in [0, 0.05) is 6.42 Å². The number of carbonyl (C=O) groups excluding carboxylic acids is 1. The van der Waals surface area contributed by atoms with Crippen molar-refractivity contribution in [3.05, 3.63) is 29.8 Å². The van der Waals surface area contributed by atoms with Crippen LogP contribution in [0.5, 0.6) is 5.75 Å². The number of hydrogen-bond acceptors (Lipinski definition) is 3. The third-order valence-corrected chi connectivity index (χ3v) is 2.29. The molecule has 1 aliphatic rings. The second kappa shape index (κ2) is 3.67. The van der Waals surface area contributed by atoms with Crippen molar-refractivity contribution in [1.82, 2.24) is 10.9 Å². The van der Waals surface area contributed by atoms with Crippen LogP contribution in [0.1, 0.15) is 18.0 Å². The lowest BCUT2D eigenvalue weighted by Crippen LogP contribution is -2.27. The molecule has 0 radical (unpaired) electrons. The molecule has 1 amide bonds. The fourth-order valence-corrected chi connectivity index (χ4v) is 1.49. The van der Waals surface area contributed by atoms with Crippen molar-refractivity contribution in [1.29, 1.82) is 0 Å². The van der Waals surface area contributed by atoms with Gasteiger partial charge in [0.25, 0.3) is 0 Å². The van der Waals surface area contributed by atoms with Gasteiger partial charge in [-0.25, -0.2) is 5.43 Å². The van der Waals surface area contributed by atoms with E-state index in [0.29, 0.717) is 6.42 Å². The summed E-state index contributed by atoms with van der Waals surface area (Å²) in [5.74, 6) is 0.858. The quantitative estimate of drug-likeness (QED) is 0.727. The van der Waals surface area contributed by atoms with Crippen LogP contribution >= 0.6 is 0 Å². The van der Waals surface area contributed by atoms with Gasteiger partial charge in [-0.15, -0.1) is 0 Å². The summed E-state index contributed by atoms with van der Waals surface area (Å²) in [6.45, 7) is 0. The minimum absolute atomic E-state index is 0.0332. The monoisotopic (exact) mass is 192 g/mol. The first kappa shape index (κ1) is 9.02. The highest BCUT2D eigenvalue weighted by atomic mass is 16.5. The standard InChI is InChI=1S/C10H12N2O2/c1-14-8-4-2-7(3-5-8)9-6-10(13)12-11-9/h2-5,9,11H,6H2,1H3,(H,12,13)/t9-/m1/s1. The van der Waals surface area contributed by atoms with Gasteiger partial charge in [0.1, 0.15) is 5.75 Å². The fourth-order valence-electron chi connectivity index (χ4n) is 1.49. The number of benzene rings is 1. The van der Waals surface area contributed by atoms with Crippen LogP contribution in [0.25, 0.3) is 0 Å². The van der Waals surface area contributed by atoms with Crippen LogP contribution in [0.2, 0.25) is 0 Å². The first-order valence-corrected chi connectivity index (χ1v) is 4.48. The molecule has 4 heteroatoms. The van der Waals surface area contributed by atoms with Crippen LogP contribution in [-0.4, -0.2) is 13.0 Å². The van der Waals surface area contributed by atoms with Crippen molar-refractivity contribution >= 4 is 5.91 Å². The summed E-state index contributed by atoms with van der Waals surface area (Å²) in [5, 5.41) is 0.